The van der Waals surface area contributed by atoms with Gasteiger partial charge in [-0.1, -0.05) is 30.9 Å². The minimum atomic E-state index is -0.429. The Morgan fingerprint density at radius 1 is 1.03 bits per heavy atom. The molecule has 3 amide bonds. The molecule has 0 aromatic heterocycles. The van der Waals surface area contributed by atoms with Crippen molar-refractivity contribution in [3.8, 4) is 0 Å². The van der Waals surface area contributed by atoms with Gasteiger partial charge in [0.15, 0.2) is 0 Å². The average molecular weight is 432 g/mol. The van der Waals surface area contributed by atoms with Gasteiger partial charge in [0, 0.05) is 30.4 Å². The third-order valence-electron chi connectivity index (χ3n) is 5.93. The predicted octanol–water partition coefficient (Wildman–Crippen LogP) is 3.16. The number of imide groups is 1. The number of ether oxygens (including phenoxy) is 1. The van der Waals surface area contributed by atoms with E-state index in [9.17, 15) is 14.4 Å². The van der Waals surface area contributed by atoms with Gasteiger partial charge in [-0.3, -0.25) is 19.3 Å². The molecule has 1 unspecified atom stereocenters. The molecule has 1 saturated heterocycles. The Balaban J connectivity index is 1.38. The predicted molar refractivity (Wildman–Crippen MR) is 113 cm³/mol. The first-order chi connectivity index (χ1) is 14.5. The van der Waals surface area contributed by atoms with E-state index in [2.05, 4.69) is 10.6 Å². The smallest absolute Gasteiger partial charge is 0.279 e. The lowest BCUT2D eigenvalue weighted by atomic mass is 9.94. The molecule has 1 aromatic rings. The minimum Gasteiger partial charge on any atom is -0.376 e. The Bertz CT molecular complexity index is 856. The van der Waals surface area contributed by atoms with Gasteiger partial charge >= 0.3 is 0 Å². The van der Waals surface area contributed by atoms with Crippen LogP contribution in [0.25, 0.3) is 0 Å². The second-order valence-electron chi connectivity index (χ2n) is 8.01. The monoisotopic (exact) mass is 431 g/mol. The van der Waals surface area contributed by atoms with Gasteiger partial charge in [0.05, 0.1) is 6.10 Å². The van der Waals surface area contributed by atoms with Crippen LogP contribution in [0.1, 0.15) is 55.3 Å². The number of nitrogens with zero attached hydrogens (tertiary/aromatic N) is 1. The second-order valence-corrected chi connectivity index (χ2v) is 8.39. The molecule has 8 heteroatoms. The largest absolute Gasteiger partial charge is 0.376 e. The zero-order chi connectivity index (χ0) is 21.1. The van der Waals surface area contributed by atoms with Gasteiger partial charge in [-0.15, -0.1) is 0 Å². The fraction of sp³-hybridized carbons (Fsp3) is 0.500. The highest BCUT2D eigenvalue weighted by Gasteiger charge is 2.42. The Morgan fingerprint density at radius 3 is 2.43 bits per heavy atom. The van der Waals surface area contributed by atoms with E-state index in [-0.39, 0.29) is 34.7 Å². The van der Waals surface area contributed by atoms with Crippen LogP contribution in [0.3, 0.4) is 0 Å². The molecule has 2 fully saturated rings. The maximum absolute atomic E-state index is 12.8. The van der Waals surface area contributed by atoms with E-state index < -0.39 is 5.91 Å². The Labute approximate surface area is 180 Å². The molecule has 1 aliphatic carbocycles. The molecule has 4 rings (SSSR count). The molecule has 0 spiro atoms. The summed E-state index contributed by atoms with van der Waals surface area (Å²) < 4.78 is 5.51. The zero-order valence-corrected chi connectivity index (χ0v) is 17.5. The SMILES string of the molecule is O=C(NCC1CCCO1)c1ccc(NC2=C(Cl)C(=O)N(C3CCCCC3)C2=O)cc1. The van der Waals surface area contributed by atoms with Crippen molar-refractivity contribution in [1.29, 1.82) is 0 Å². The number of benzene rings is 1. The average Bonchev–Trinajstić information content (AvgIpc) is 3.36. The first-order valence-corrected chi connectivity index (χ1v) is 11.0. The molecule has 30 heavy (non-hydrogen) atoms. The quantitative estimate of drug-likeness (QED) is 0.675. The Morgan fingerprint density at radius 2 is 1.77 bits per heavy atom. The minimum absolute atomic E-state index is 0.0797. The van der Waals surface area contributed by atoms with Crippen molar-refractivity contribution in [2.45, 2.75) is 57.1 Å². The van der Waals surface area contributed by atoms with Crippen LogP contribution in [0, 0.1) is 0 Å². The summed E-state index contributed by atoms with van der Waals surface area (Å²) in [6.07, 6.45) is 6.88. The van der Waals surface area contributed by atoms with E-state index in [0.717, 1.165) is 51.6 Å². The van der Waals surface area contributed by atoms with Gasteiger partial charge < -0.3 is 15.4 Å². The van der Waals surface area contributed by atoms with Gasteiger partial charge in [0.1, 0.15) is 10.7 Å². The van der Waals surface area contributed by atoms with E-state index >= 15 is 0 Å². The summed E-state index contributed by atoms with van der Waals surface area (Å²) in [7, 11) is 0. The standard InChI is InChI=1S/C22H26ClN3O4/c23-18-19(22(29)26(21(18)28)16-5-2-1-3-6-16)25-15-10-8-14(9-11-15)20(27)24-13-17-7-4-12-30-17/h8-11,16-17,25H,1-7,12-13H2,(H,24,27). The number of rotatable bonds is 6. The third-order valence-corrected chi connectivity index (χ3v) is 6.28. The fourth-order valence-electron chi connectivity index (χ4n) is 4.26. The van der Waals surface area contributed by atoms with E-state index in [1.807, 2.05) is 0 Å². The summed E-state index contributed by atoms with van der Waals surface area (Å²) in [5.41, 5.74) is 1.20. The highest BCUT2D eigenvalue weighted by Crippen LogP contribution is 2.32. The fourth-order valence-corrected chi connectivity index (χ4v) is 4.48. The van der Waals surface area contributed by atoms with Crippen molar-refractivity contribution in [2.24, 2.45) is 0 Å². The molecule has 1 aromatic carbocycles. The number of carbonyl (C=O) groups is 3. The summed E-state index contributed by atoms with van der Waals surface area (Å²) in [5.74, 6) is -0.985. The number of halogens is 1. The van der Waals surface area contributed by atoms with Gasteiger partial charge in [-0.25, -0.2) is 0 Å². The number of anilines is 1. The highest BCUT2D eigenvalue weighted by atomic mass is 35.5. The zero-order valence-electron chi connectivity index (χ0n) is 16.8. The molecule has 160 valence electrons. The van der Waals surface area contributed by atoms with Crippen LogP contribution in [0.2, 0.25) is 0 Å². The molecule has 1 atom stereocenters. The Hall–Kier alpha value is -2.38. The third kappa shape index (κ3) is 4.37. The summed E-state index contributed by atoms with van der Waals surface area (Å²) in [5, 5.41) is 5.76. The van der Waals surface area contributed by atoms with Crippen LogP contribution in [-0.2, 0) is 14.3 Å². The van der Waals surface area contributed by atoms with Crippen LogP contribution >= 0.6 is 11.6 Å². The number of nitrogens with one attached hydrogen (secondary N) is 2. The normalized spacial score (nSPS) is 22.7. The van der Waals surface area contributed by atoms with Crippen molar-refractivity contribution < 1.29 is 19.1 Å². The molecular weight excluding hydrogens is 406 g/mol. The number of hydrogen-bond donors (Lipinski definition) is 2. The van der Waals surface area contributed by atoms with Crippen molar-refractivity contribution in [1.82, 2.24) is 10.2 Å². The van der Waals surface area contributed by atoms with Gasteiger partial charge in [-0.2, -0.15) is 0 Å². The molecule has 3 aliphatic rings. The first kappa shape index (κ1) is 20.9. The lowest BCUT2D eigenvalue weighted by Gasteiger charge is -2.29. The molecule has 7 nitrogen and oxygen atoms in total. The summed E-state index contributed by atoms with van der Waals surface area (Å²) >= 11 is 6.20. The van der Waals surface area contributed by atoms with E-state index in [1.54, 1.807) is 24.3 Å². The summed E-state index contributed by atoms with van der Waals surface area (Å²) in [6.45, 7) is 1.24. The van der Waals surface area contributed by atoms with Crippen LogP contribution < -0.4 is 10.6 Å². The molecule has 0 bridgehead atoms. The highest BCUT2D eigenvalue weighted by molar-refractivity contribution is 6.48. The van der Waals surface area contributed by atoms with Crippen molar-refractivity contribution in [3.63, 3.8) is 0 Å². The van der Waals surface area contributed by atoms with Gasteiger partial charge in [0.2, 0.25) is 0 Å². The number of amides is 3. The van der Waals surface area contributed by atoms with E-state index in [0.29, 0.717) is 17.8 Å². The molecule has 2 aliphatic heterocycles. The van der Waals surface area contributed by atoms with Crippen molar-refractivity contribution >= 4 is 35.0 Å². The molecule has 1 saturated carbocycles. The topological polar surface area (TPSA) is 87.7 Å². The van der Waals surface area contributed by atoms with Crippen LogP contribution in [0.5, 0.6) is 0 Å². The van der Waals surface area contributed by atoms with Crippen LogP contribution in [-0.4, -0.2) is 47.9 Å². The van der Waals surface area contributed by atoms with Crippen LogP contribution in [0.4, 0.5) is 5.69 Å². The molecule has 2 N–H and O–H groups in total. The number of hydrogen-bond acceptors (Lipinski definition) is 5. The van der Waals surface area contributed by atoms with Crippen molar-refractivity contribution in [2.75, 3.05) is 18.5 Å². The lowest BCUT2D eigenvalue weighted by molar-refractivity contribution is -0.140. The van der Waals surface area contributed by atoms with Gasteiger partial charge in [0.25, 0.3) is 17.7 Å². The molecular formula is C22H26ClN3O4. The van der Waals surface area contributed by atoms with Gasteiger partial charge in [-0.05, 0) is 49.9 Å². The summed E-state index contributed by atoms with van der Waals surface area (Å²) in [4.78, 5) is 39.0. The lowest BCUT2D eigenvalue weighted by Crippen LogP contribution is -2.42. The number of carbonyl (C=O) groups excluding carboxylic acids is 3. The molecule has 0 radical (unpaired) electrons. The Kier molecular flexibility index (Phi) is 6.39. The van der Waals surface area contributed by atoms with Crippen molar-refractivity contribution in [3.05, 3.63) is 40.6 Å². The van der Waals surface area contributed by atoms with E-state index in [1.165, 1.54) is 4.90 Å². The maximum atomic E-state index is 12.8. The first-order valence-electron chi connectivity index (χ1n) is 10.6. The van der Waals surface area contributed by atoms with Crippen LogP contribution in [0.15, 0.2) is 35.0 Å². The second kappa shape index (κ2) is 9.18. The maximum Gasteiger partial charge on any atom is 0.279 e. The van der Waals surface area contributed by atoms with E-state index in [4.69, 9.17) is 16.3 Å². The summed E-state index contributed by atoms with van der Waals surface area (Å²) in [6, 6.07) is 6.64. The molecule has 2 heterocycles.